The summed E-state index contributed by atoms with van der Waals surface area (Å²) in [7, 11) is 0. The molecule has 0 amide bonds. The quantitative estimate of drug-likeness (QED) is 0.632. The molecule has 0 atom stereocenters. The Morgan fingerprint density at radius 3 is 2.78 bits per heavy atom. The van der Waals surface area contributed by atoms with Crippen molar-refractivity contribution in [1.29, 1.82) is 5.26 Å². The molecule has 0 saturated heterocycles. The molecule has 1 aromatic heterocycles. The zero-order chi connectivity index (χ0) is 13.7. The van der Waals surface area contributed by atoms with Crippen molar-refractivity contribution >= 4 is 21.9 Å². The molecule has 0 aliphatic rings. The minimum atomic E-state index is -2.86. The number of pyridine rings is 1. The number of carbonyl (C=O) groups excluding carboxylic acids is 1. The SMILES string of the molecule is CCOC(=O)c1cc(C#N)nc(CBr)c1C(F)F. The van der Waals surface area contributed by atoms with E-state index in [0.29, 0.717) is 0 Å². The van der Waals surface area contributed by atoms with Crippen LogP contribution in [-0.2, 0) is 10.1 Å². The molecular weight excluding hydrogens is 310 g/mol. The van der Waals surface area contributed by atoms with Crippen molar-refractivity contribution in [3.8, 4) is 6.07 Å². The van der Waals surface area contributed by atoms with E-state index < -0.39 is 18.0 Å². The summed E-state index contributed by atoms with van der Waals surface area (Å²) in [5.74, 6) is -0.881. The summed E-state index contributed by atoms with van der Waals surface area (Å²) in [6, 6.07) is 2.74. The molecule has 18 heavy (non-hydrogen) atoms. The fourth-order valence-electron chi connectivity index (χ4n) is 1.39. The summed E-state index contributed by atoms with van der Waals surface area (Å²) in [6.07, 6.45) is -2.86. The number of carbonyl (C=O) groups is 1. The normalized spacial score (nSPS) is 10.2. The van der Waals surface area contributed by atoms with Crippen LogP contribution in [0.15, 0.2) is 6.07 Å². The zero-order valence-corrected chi connectivity index (χ0v) is 11.0. The largest absolute Gasteiger partial charge is 0.462 e. The van der Waals surface area contributed by atoms with Crippen LogP contribution in [0.2, 0.25) is 0 Å². The summed E-state index contributed by atoms with van der Waals surface area (Å²) in [5, 5.41) is 8.78. The Labute approximate surface area is 111 Å². The molecule has 4 nitrogen and oxygen atoms in total. The van der Waals surface area contributed by atoms with Gasteiger partial charge in [0, 0.05) is 5.33 Å². The Kier molecular flexibility index (Phi) is 5.16. The van der Waals surface area contributed by atoms with Crippen LogP contribution in [0.5, 0.6) is 0 Å². The Morgan fingerprint density at radius 2 is 2.33 bits per heavy atom. The third-order valence-corrected chi connectivity index (χ3v) is 2.62. The molecule has 0 unspecified atom stereocenters. The lowest BCUT2D eigenvalue weighted by Gasteiger charge is -2.11. The molecule has 0 aliphatic carbocycles. The van der Waals surface area contributed by atoms with E-state index >= 15 is 0 Å². The Morgan fingerprint density at radius 1 is 1.67 bits per heavy atom. The molecule has 7 heteroatoms. The molecule has 1 rings (SSSR count). The fourth-order valence-corrected chi connectivity index (χ4v) is 1.82. The molecule has 0 N–H and O–H groups in total. The van der Waals surface area contributed by atoms with Gasteiger partial charge in [-0.1, -0.05) is 15.9 Å². The first kappa shape index (κ1) is 14.5. The molecular formula is C11H9BrF2N2O2. The third kappa shape index (κ3) is 3.01. The molecule has 0 aliphatic heterocycles. The summed E-state index contributed by atoms with van der Waals surface area (Å²) in [6.45, 7) is 1.63. The molecule has 1 heterocycles. The number of aromatic nitrogens is 1. The van der Waals surface area contributed by atoms with Crippen LogP contribution in [0.25, 0.3) is 0 Å². The van der Waals surface area contributed by atoms with Crippen LogP contribution in [0.3, 0.4) is 0 Å². The van der Waals surface area contributed by atoms with Crippen molar-refractivity contribution in [2.45, 2.75) is 18.7 Å². The number of halogens is 3. The van der Waals surface area contributed by atoms with E-state index in [0.717, 1.165) is 6.07 Å². The Bertz CT molecular complexity index is 501. The minimum Gasteiger partial charge on any atom is -0.462 e. The Balaban J connectivity index is 3.45. The van der Waals surface area contributed by atoms with Crippen molar-refractivity contribution in [3.63, 3.8) is 0 Å². The highest BCUT2D eigenvalue weighted by Gasteiger charge is 2.25. The number of rotatable bonds is 4. The number of hydrogen-bond acceptors (Lipinski definition) is 4. The topological polar surface area (TPSA) is 63.0 Å². The van der Waals surface area contributed by atoms with E-state index in [4.69, 9.17) is 10.00 Å². The van der Waals surface area contributed by atoms with Gasteiger partial charge >= 0.3 is 5.97 Å². The molecule has 96 valence electrons. The fraction of sp³-hybridized carbons (Fsp3) is 0.364. The highest BCUT2D eigenvalue weighted by Crippen LogP contribution is 2.28. The molecule has 1 aromatic rings. The number of esters is 1. The van der Waals surface area contributed by atoms with Crippen molar-refractivity contribution in [2.24, 2.45) is 0 Å². The molecule has 0 spiro atoms. The second kappa shape index (κ2) is 6.40. The first-order valence-corrected chi connectivity index (χ1v) is 6.12. The third-order valence-electron chi connectivity index (χ3n) is 2.09. The highest BCUT2D eigenvalue weighted by atomic mass is 79.9. The van der Waals surface area contributed by atoms with Gasteiger partial charge < -0.3 is 4.74 Å². The van der Waals surface area contributed by atoms with E-state index in [9.17, 15) is 13.6 Å². The second-order valence-electron chi connectivity index (χ2n) is 3.18. The summed E-state index contributed by atoms with van der Waals surface area (Å²) in [4.78, 5) is 15.3. The van der Waals surface area contributed by atoms with Crippen molar-refractivity contribution < 1.29 is 18.3 Å². The van der Waals surface area contributed by atoms with Crippen molar-refractivity contribution in [3.05, 3.63) is 28.6 Å². The van der Waals surface area contributed by atoms with Gasteiger partial charge in [-0.2, -0.15) is 5.26 Å². The number of nitrogens with zero attached hydrogens (tertiary/aromatic N) is 2. The lowest BCUT2D eigenvalue weighted by Crippen LogP contribution is -2.12. The van der Waals surface area contributed by atoms with E-state index in [2.05, 4.69) is 20.9 Å². The number of alkyl halides is 3. The first-order chi connectivity index (χ1) is 8.54. The van der Waals surface area contributed by atoms with Gasteiger partial charge in [0.2, 0.25) is 0 Å². The summed E-state index contributed by atoms with van der Waals surface area (Å²) < 4.78 is 30.6. The van der Waals surface area contributed by atoms with Gasteiger partial charge in [-0.15, -0.1) is 0 Å². The van der Waals surface area contributed by atoms with Crippen LogP contribution in [0.1, 0.15) is 40.7 Å². The van der Waals surface area contributed by atoms with E-state index in [-0.39, 0.29) is 28.9 Å². The zero-order valence-electron chi connectivity index (χ0n) is 9.41. The molecule has 0 saturated carbocycles. The van der Waals surface area contributed by atoms with Gasteiger partial charge in [-0.3, -0.25) is 0 Å². The highest BCUT2D eigenvalue weighted by molar-refractivity contribution is 9.08. The standard InChI is InChI=1S/C11H9BrF2N2O2/c1-2-18-11(17)7-3-6(5-15)16-8(4-12)9(7)10(13)14/h3,10H,2,4H2,1H3. The summed E-state index contributed by atoms with van der Waals surface area (Å²) >= 11 is 3.00. The average Bonchev–Trinajstić information content (AvgIpc) is 2.36. The maximum atomic E-state index is 13.0. The van der Waals surface area contributed by atoms with Crippen LogP contribution >= 0.6 is 15.9 Å². The molecule has 0 fully saturated rings. The lowest BCUT2D eigenvalue weighted by atomic mass is 10.1. The predicted octanol–water partition coefficient (Wildman–Crippen LogP) is 2.96. The van der Waals surface area contributed by atoms with Gasteiger partial charge in [0.15, 0.2) is 0 Å². The van der Waals surface area contributed by atoms with Crippen molar-refractivity contribution in [1.82, 2.24) is 4.98 Å². The minimum absolute atomic E-state index is 0.0224. The van der Waals surface area contributed by atoms with Crippen LogP contribution in [0.4, 0.5) is 8.78 Å². The van der Waals surface area contributed by atoms with Gasteiger partial charge in [-0.25, -0.2) is 18.6 Å². The van der Waals surface area contributed by atoms with Crippen molar-refractivity contribution in [2.75, 3.05) is 6.61 Å². The van der Waals surface area contributed by atoms with E-state index in [1.54, 1.807) is 13.0 Å². The monoisotopic (exact) mass is 318 g/mol. The molecule has 0 bridgehead atoms. The first-order valence-electron chi connectivity index (χ1n) is 5.00. The van der Waals surface area contributed by atoms with Crippen LogP contribution in [-0.4, -0.2) is 17.6 Å². The van der Waals surface area contributed by atoms with E-state index in [1.807, 2.05) is 0 Å². The maximum Gasteiger partial charge on any atom is 0.338 e. The average molecular weight is 319 g/mol. The lowest BCUT2D eigenvalue weighted by molar-refractivity contribution is 0.0514. The summed E-state index contributed by atoms with van der Waals surface area (Å²) in [5.41, 5.74) is -0.943. The van der Waals surface area contributed by atoms with Crippen LogP contribution < -0.4 is 0 Å². The maximum absolute atomic E-state index is 13.0. The molecule has 0 aromatic carbocycles. The predicted molar refractivity (Wildman–Crippen MR) is 62.5 cm³/mol. The molecule has 0 radical (unpaired) electrons. The smallest absolute Gasteiger partial charge is 0.338 e. The van der Waals surface area contributed by atoms with E-state index in [1.165, 1.54) is 0 Å². The number of ether oxygens (including phenoxy) is 1. The van der Waals surface area contributed by atoms with Gasteiger partial charge in [-0.05, 0) is 13.0 Å². The number of nitriles is 1. The van der Waals surface area contributed by atoms with Gasteiger partial charge in [0.05, 0.1) is 23.4 Å². The van der Waals surface area contributed by atoms with Gasteiger partial charge in [0.25, 0.3) is 6.43 Å². The Hall–Kier alpha value is -1.55. The van der Waals surface area contributed by atoms with Gasteiger partial charge in [0.1, 0.15) is 11.8 Å². The van der Waals surface area contributed by atoms with Crippen LogP contribution in [0, 0.1) is 11.3 Å². The number of hydrogen-bond donors (Lipinski definition) is 0. The second-order valence-corrected chi connectivity index (χ2v) is 3.74.